The van der Waals surface area contributed by atoms with Crippen LogP contribution in [0.25, 0.3) is 10.2 Å². The van der Waals surface area contributed by atoms with E-state index in [4.69, 9.17) is 19.2 Å². The molecule has 144 valence electrons. The molecule has 4 rings (SSSR count). The van der Waals surface area contributed by atoms with E-state index in [1.54, 1.807) is 4.90 Å². The van der Waals surface area contributed by atoms with Gasteiger partial charge in [-0.2, -0.15) is 0 Å². The number of carbonyl (C=O) groups is 1. The Morgan fingerprint density at radius 1 is 1.26 bits per heavy atom. The van der Waals surface area contributed by atoms with Crippen molar-refractivity contribution in [3.05, 3.63) is 35.8 Å². The van der Waals surface area contributed by atoms with E-state index in [1.807, 2.05) is 25.1 Å². The molecule has 1 amide bonds. The smallest absolute Gasteiger partial charge is 0.298 e. The number of ether oxygens (including phenoxy) is 3. The van der Waals surface area contributed by atoms with Crippen molar-refractivity contribution < 1.29 is 23.9 Å². The van der Waals surface area contributed by atoms with Gasteiger partial charge in [-0.1, -0.05) is 23.5 Å². The number of carbonyl (C=O) groups excluding carboxylic acids is 1. The van der Waals surface area contributed by atoms with Gasteiger partial charge in [-0.3, -0.25) is 9.69 Å². The molecule has 8 heteroatoms. The third kappa shape index (κ3) is 4.07. The standard InChI is InChI=1S/C19H23N3O4S/c1-14-3-2-4-16-17(14)20-19(27-16)22(6-5-21-7-9-24-10-8-21)18(23)15-13-25-11-12-26-15/h2-4,13H,5-12H2,1H3/p+1. The van der Waals surface area contributed by atoms with E-state index >= 15 is 0 Å². The van der Waals surface area contributed by atoms with Crippen molar-refractivity contribution in [1.82, 2.24) is 4.98 Å². The highest BCUT2D eigenvalue weighted by Gasteiger charge is 2.28. The maximum Gasteiger partial charge on any atom is 0.298 e. The first-order valence-electron chi connectivity index (χ1n) is 9.26. The minimum absolute atomic E-state index is 0.195. The number of morpholine rings is 1. The van der Waals surface area contributed by atoms with Crippen molar-refractivity contribution in [3.63, 3.8) is 0 Å². The van der Waals surface area contributed by atoms with Crippen LogP contribution in [0.1, 0.15) is 5.56 Å². The lowest BCUT2D eigenvalue weighted by Crippen LogP contribution is -3.14. The van der Waals surface area contributed by atoms with Gasteiger partial charge in [0, 0.05) is 0 Å². The zero-order valence-electron chi connectivity index (χ0n) is 15.4. The van der Waals surface area contributed by atoms with Crippen LogP contribution in [-0.2, 0) is 19.0 Å². The molecule has 27 heavy (non-hydrogen) atoms. The van der Waals surface area contributed by atoms with Gasteiger partial charge < -0.3 is 19.1 Å². The number of aromatic nitrogens is 1. The molecule has 1 aromatic heterocycles. The molecule has 1 N–H and O–H groups in total. The Kier molecular flexibility index (Phi) is 5.56. The molecule has 1 saturated heterocycles. The molecular formula is C19H24N3O4S+. The summed E-state index contributed by atoms with van der Waals surface area (Å²) in [5.74, 6) is 0.0493. The van der Waals surface area contributed by atoms with Gasteiger partial charge in [0.05, 0.1) is 36.5 Å². The summed E-state index contributed by atoms with van der Waals surface area (Å²) < 4.78 is 17.3. The summed E-state index contributed by atoms with van der Waals surface area (Å²) in [6, 6.07) is 6.10. The Balaban J connectivity index is 1.60. The Labute approximate surface area is 162 Å². The molecule has 0 aliphatic carbocycles. The number of para-hydroxylation sites is 1. The summed E-state index contributed by atoms with van der Waals surface area (Å²) in [6.07, 6.45) is 1.42. The van der Waals surface area contributed by atoms with Crippen LogP contribution in [-0.4, -0.2) is 63.5 Å². The maximum absolute atomic E-state index is 13.1. The molecule has 0 radical (unpaired) electrons. The number of fused-ring (bicyclic) bond motifs is 1. The second kappa shape index (κ2) is 8.24. The molecule has 2 aromatic rings. The Bertz CT molecular complexity index is 845. The number of thiazole rings is 1. The van der Waals surface area contributed by atoms with E-state index in [1.165, 1.54) is 22.5 Å². The van der Waals surface area contributed by atoms with E-state index in [2.05, 4.69) is 0 Å². The van der Waals surface area contributed by atoms with Crippen molar-refractivity contribution in [2.45, 2.75) is 6.92 Å². The van der Waals surface area contributed by atoms with Gasteiger partial charge in [-0.05, 0) is 18.6 Å². The third-order valence-electron chi connectivity index (χ3n) is 4.83. The lowest BCUT2D eigenvalue weighted by molar-refractivity contribution is -0.906. The summed E-state index contributed by atoms with van der Waals surface area (Å²) in [6.45, 7) is 7.78. The maximum atomic E-state index is 13.1. The predicted octanol–water partition coefficient (Wildman–Crippen LogP) is 0.741. The molecule has 0 saturated carbocycles. The van der Waals surface area contributed by atoms with E-state index in [9.17, 15) is 4.79 Å². The SMILES string of the molecule is Cc1cccc2sc(N(CC[NH+]3CCOCC3)C(=O)C3=COCCO3)nc12. The zero-order valence-corrected chi connectivity index (χ0v) is 16.2. The number of hydrogen-bond acceptors (Lipinski definition) is 6. The first-order chi connectivity index (χ1) is 13.2. The summed E-state index contributed by atoms with van der Waals surface area (Å²) in [5, 5.41) is 0.701. The van der Waals surface area contributed by atoms with Crippen molar-refractivity contribution in [3.8, 4) is 0 Å². The fourth-order valence-corrected chi connectivity index (χ4v) is 4.34. The highest BCUT2D eigenvalue weighted by Crippen LogP contribution is 2.31. The van der Waals surface area contributed by atoms with E-state index < -0.39 is 0 Å². The molecular weight excluding hydrogens is 366 g/mol. The topological polar surface area (TPSA) is 65.3 Å². The van der Waals surface area contributed by atoms with E-state index in [0.29, 0.717) is 24.9 Å². The van der Waals surface area contributed by atoms with Gasteiger partial charge in [0.2, 0.25) is 5.76 Å². The van der Waals surface area contributed by atoms with E-state index in [0.717, 1.165) is 48.6 Å². The number of anilines is 1. The van der Waals surface area contributed by atoms with E-state index in [-0.39, 0.29) is 11.7 Å². The van der Waals surface area contributed by atoms with Crippen molar-refractivity contribution in [2.75, 3.05) is 57.5 Å². The fourth-order valence-electron chi connectivity index (χ4n) is 3.27. The van der Waals surface area contributed by atoms with Gasteiger partial charge in [0.1, 0.15) is 32.6 Å². The number of benzene rings is 1. The summed E-state index contributed by atoms with van der Waals surface area (Å²) in [5.41, 5.74) is 2.06. The molecule has 1 aromatic carbocycles. The summed E-state index contributed by atoms with van der Waals surface area (Å²) >= 11 is 1.53. The molecule has 0 spiro atoms. The molecule has 2 aliphatic rings. The average Bonchev–Trinajstić information content (AvgIpc) is 3.15. The largest absolute Gasteiger partial charge is 0.494 e. The second-order valence-electron chi connectivity index (χ2n) is 6.69. The van der Waals surface area contributed by atoms with Crippen LogP contribution in [0.3, 0.4) is 0 Å². The van der Waals surface area contributed by atoms with Crippen molar-refractivity contribution in [2.24, 2.45) is 0 Å². The molecule has 7 nitrogen and oxygen atoms in total. The Morgan fingerprint density at radius 3 is 2.85 bits per heavy atom. The van der Waals surface area contributed by atoms with Crippen LogP contribution >= 0.6 is 11.3 Å². The molecule has 2 aliphatic heterocycles. The number of hydrogen-bond donors (Lipinski definition) is 1. The quantitative estimate of drug-likeness (QED) is 0.816. The average molecular weight is 390 g/mol. The van der Waals surface area contributed by atoms with Crippen LogP contribution in [0, 0.1) is 6.92 Å². The number of rotatable bonds is 5. The van der Waals surface area contributed by atoms with Gasteiger partial charge in [-0.25, -0.2) is 4.98 Å². The van der Waals surface area contributed by atoms with Crippen LogP contribution in [0.2, 0.25) is 0 Å². The summed E-state index contributed by atoms with van der Waals surface area (Å²) in [7, 11) is 0. The fraction of sp³-hybridized carbons (Fsp3) is 0.474. The first kappa shape index (κ1) is 18.2. The van der Waals surface area contributed by atoms with Crippen LogP contribution < -0.4 is 9.80 Å². The van der Waals surface area contributed by atoms with Crippen molar-refractivity contribution >= 4 is 32.6 Å². The molecule has 1 fully saturated rings. The minimum Gasteiger partial charge on any atom is -0.494 e. The van der Waals surface area contributed by atoms with Gasteiger partial charge in [0.15, 0.2) is 5.13 Å². The number of aryl methyl sites for hydroxylation is 1. The Morgan fingerprint density at radius 2 is 2.11 bits per heavy atom. The van der Waals surface area contributed by atoms with Crippen LogP contribution in [0.5, 0.6) is 0 Å². The van der Waals surface area contributed by atoms with Crippen molar-refractivity contribution in [1.29, 1.82) is 0 Å². The minimum atomic E-state index is -0.195. The number of amides is 1. The normalized spacial score (nSPS) is 17.9. The highest BCUT2D eigenvalue weighted by molar-refractivity contribution is 7.22. The lowest BCUT2D eigenvalue weighted by Gasteiger charge is -2.27. The van der Waals surface area contributed by atoms with Crippen LogP contribution in [0.15, 0.2) is 30.2 Å². The molecule has 3 heterocycles. The monoisotopic (exact) mass is 390 g/mol. The molecule has 0 bridgehead atoms. The summed E-state index contributed by atoms with van der Waals surface area (Å²) in [4.78, 5) is 21.0. The molecule has 0 unspecified atom stereocenters. The zero-order chi connectivity index (χ0) is 18.6. The number of nitrogens with one attached hydrogen (secondary N) is 1. The first-order valence-corrected chi connectivity index (χ1v) is 10.1. The lowest BCUT2D eigenvalue weighted by atomic mass is 10.2. The van der Waals surface area contributed by atoms with Gasteiger partial charge in [0.25, 0.3) is 5.91 Å². The number of quaternary nitrogens is 1. The second-order valence-corrected chi connectivity index (χ2v) is 7.70. The molecule has 0 atom stereocenters. The van der Waals surface area contributed by atoms with Gasteiger partial charge >= 0.3 is 0 Å². The third-order valence-corrected chi connectivity index (χ3v) is 5.88. The number of nitrogens with zero attached hydrogens (tertiary/aromatic N) is 2. The Hall–Kier alpha value is -2.16. The highest BCUT2D eigenvalue weighted by atomic mass is 32.1. The van der Waals surface area contributed by atoms with Crippen LogP contribution in [0.4, 0.5) is 5.13 Å². The predicted molar refractivity (Wildman–Crippen MR) is 103 cm³/mol. The van der Waals surface area contributed by atoms with Gasteiger partial charge in [-0.15, -0.1) is 0 Å².